The van der Waals surface area contributed by atoms with Gasteiger partial charge in [0.1, 0.15) is 5.15 Å². The number of halogens is 1. The summed E-state index contributed by atoms with van der Waals surface area (Å²) in [6.07, 6.45) is 2.46. The number of carboxylic acid groups (broad SMARTS) is 1. The predicted molar refractivity (Wildman–Crippen MR) is 61.9 cm³/mol. The molecule has 0 aliphatic rings. The van der Waals surface area contributed by atoms with Gasteiger partial charge in [-0.15, -0.1) is 0 Å². The number of carbonyl (C=O) groups is 2. The third-order valence-electron chi connectivity index (χ3n) is 1.78. The fourth-order valence-corrected chi connectivity index (χ4v) is 1.25. The third-order valence-corrected chi connectivity index (χ3v) is 1.99. The number of pyridine rings is 1. The molecule has 90 valence electrons. The highest BCUT2D eigenvalue weighted by Crippen LogP contribution is 2.13. The van der Waals surface area contributed by atoms with Crippen LogP contribution < -0.4 is 0 Å². The van der Waals surface area contributed by atoms with Gasteiger partial charge >= 0.3 is 11.9 Å². The molecule has 0 spiro atoms. The van der Waals surface area contributed by atoms with E-state index in [1.54, 1.807) is 6.92 Å². The van der Waals surface area contributed by atoms with Gasteiger partial charge in [-0.1, -0.05) is 11.6 Å². The molecule has 0 amide bonds. The van der Waals surface area contributed by atoms with Gasteiger partial charge in [-0.2, -0.15) is 0 Å². The van der Waals surface area contributed by atoms with E-state index in [1.165, 1.54) is 18.2 Å². The number of carbonyl (C=O) groups excluding carboxylic acids is 1. The largest absolute Gasteiger partial charge is 0.476 e. The Bertz CT molecular complexity index is 471. The van der Waals surface area contributed by atoms with Gasteiger partial charge in [-0.25, -0.2) is 14.6 Å². The number of esters is 1. The summed E-state index contributed by atoms with van der Waals surface area (Å²) in [6.45, 7) is 1.94. The summed E-state index contributed by atoms with van der Waals surface area (Å²) in [5.74, 6) is -1.75. The third kappa shape index (κ3) is 3.88. The zero-order chi connectivity index (χ0) is 12.8. The maximum absolute atomic E-state index is 11.1. The molecule has 0 fully saturated rings. The fourth-order valence-electron chi connectivity index (χ4n) is 1.10. The zero-order valence-corrected chi connectivity index (χ0v) is 9.77. The SMILES string of the molecule is CCOC(=O)C=Cc1ccc(Cl)nc1C(=O)O. The molecule has 0 aliphatic carbocycles. The van der Waals surface area contributed by atoms with Gasteiger partial charge in [-0.05, 0) is 25.1 Å². The van der Waals surface area contributed by atoms with Gasteiger partial charge in [0.25, 0.3) is 0 Å². The summed E-state index contributed by atoms with van der Waals surface area (Å²) in [7, 11) is 0. The maximum Gasteiger partial charge on any atom is 0.355 e. The number of aromatic carboxylic acids is 1. The maximum atomic E-state index is 11.1. The summed E-state index contributed by atoms with van der Waals surface area (Å²) >= 11 is 5.58. The monoisotopic (exact) mass is 255 g/mol. The van der Waals surface area contributed by atoms with E-state index >= 15 is 0 Å². The van der Waals surface area contributed by atoms with Crippen LogP contribution in [0.15, 0.2) is 18.2 Å². The molecule has 0 atom stereocenters. The Balaban J connectivity index is 2.98. The van der Waals surface area contributed by atoms with E-state index in [4.69, 9.17) is 16.7 Å². The lowest BCUT2D eigenvalue weighted by molar-refractivity contribution is -0.137. The van der Waals surface area contributed by atoms with Gasteiger partial charge in [0.2, 0.25) is 0 Å². The minimum atomic E-state index is -1.21. The van der Waals surface area contributed by atoms with Crippen molar-refractivity contribution in [2.75, 3.05) is 6.61 Å². The summed E-state index contributed by atoms with van der Waals surface area (Å²) in [5, 5.41) is 8.97. The summed E-state index contributed by atoms with van der Waals surface area (Å²) in [6, 6.07) is 2.91. The van der Waals surface area contributed by atoms with Crippen LogP contribution in [0.4, 0.5) is 0 Å². The summed E-state index contributed by atoms with van der Waals surface area (Å²) in [4.78, 5) is 25.6. The Kier molecular flexibility index (Phi) is 4.66. The molecule has 1 aromatic heterocycles. The van der Waals surface area contributed by atoms with Crippen molar-refractivity contribution in [2.24, 2.45) is 0 Å². The standard InChI is InChI=1S/C11H10ClNO4/c1-2-17-9(14)6-4-7-3-5-8(12)13-10(7)11(15)16/h3-6H,2H2,1H3,(H,15,16). The highest BCUT2D eigenvalue weighted by Gasteiger charge is 2.10. The zero-order valence-electron chi connectivity index (χ0n) is 9.01. The first-order valence-corrected chi connectivity index (χ1v) is 5.17. The van der Waals surface area contributed by atoms with Crippen LogP contribution in [0.2, 0.25) is 5.15 Å². The Labute approximate surface area is 103 Å². The number of nitrogens with zero attached hydrogens (tertiary/aromatic N) is 1. The Morgan fingerprint density at radius 1 is 1.53 bits per heavy atom. The van der Waals surface area contributed by atoms with E-state index in [1.807, 2.05) is 0 Å². The van der Waals surface area contributed by atoms with E-state index in [0.717, 1.165) is 6.08 Å². The predicted octanol–water partition coefficient (Wildman–Crippen LogP) is 2.01. The van der Waals surface area contributed by atoms with E-state index in [-0.39, 0.29) is 23.0 Å². The van der Waals surface area contributed by atoms with Crippen LogP contribution >= 0.6 is 11.6 Å². The van der Waals surface area contributed by atoms with Crippen molar-refractivity contribution in [2.45, 2.75) is 6.92 Å². The Morgan fingerprint density at radius 3 is 2.82 bits per heavy atom. The molecule has 1 aromatic rings. The highest BCUT2D eigenvalue weighted by atomic mass is 35.5. The quantitative estimate of drug-likeness (QED) is 0.506. The Morgan fingerprint density at radius 2 is 2.24 bits per heavy atom. The number of hydrogen-bond acceptors (Lipinski definition) is 4. The smallest absolute Gasteiger partial charge is 0.355 e. The van der Waals surface area contributed by atoms with Crippen molar-refractivity contribution in [3.05, 3.63) is 34.6 Å². The number of hydrogen-bond donors (Lipinski definition) is 1. The summed E-state index contributed by atoms with van der Waals surface area (Å²) < 4.78 is 4.67. The molecule has 0 aromatic carbocycles. The van der Waals surface area contributed by atoms with Crippen molar-refractivity contribution in [1.82, 2.24) is 4.98 Å². The van der Waals surface area contributed by atoms with Crippen LogP contribution in [0.1, 0.15) is 23.0 Å². The van der Waals surface area contributed by atoms with E-state index < -0.39 is 11.9 Å². The molecule has 1 rings (SSSR count). The molecule has 5 nitrogen and oxygen atoms in total. The number of carboxylic acids is 1. The molecular weight excluding hydrogens is 246 g/mol. The van der Waals surface area contributed by atoms with Crippen LogP contribution in [-0.4, -0.2) is 28.6 Å². The Hall–Kier alpha value is -1.88. The van der Waals surface area contributed by atoms with Crippen LogP contribution in [0.5, 0.6) is 0 Å². The molecule has 1 heterocycles. The first-order valence-electron chi connectivity index (χ1n) is 4.79. The van der Waals surface area contributed by atoms with Crippen molar-refractivity contribution in [3.63, 3.8) is 0 Å². The fraction of sp³-hybridized carbons (Fsp3) is 0.182. The second kappa shape index (κ2) is 6.00. The lowest BCUT2D eigenvalue weighted by Crippen LogP contribution is -2.04. The topological polar surface area (TPSA) is 76.5 Å². The van der Waals surface area contributed by atoms with Crippen LogP contribution in [0.3, 0.4) is 0 Å². The molecule has 0 aliphatic heterocycles. The number of aromatic nitrogens is 1. The summed E-state index contributed by atoms with van der Waals surface area (Å²) in [5.41, 5.74) is 0.0769. The van der Waals surface area contributed by atoms with E-state index in [0.29, 0.717) is 0 Å². The molecule has 0 saturated heterocycles. The minimum Gasteiger partial charge on any atom is -0.476 e. The molecule has 0 unspecified atom stereocenters. The molecule has 0 bridgehead atoms. The molecule has 0 radical (unpaired) electrons. The number of rotatable bonds is 4. The van der Waals surface area contributed by atoms with Gasteiger partial charge in [0.15, 0.2) is 5.69 Å². The van der Waals surface area contributed by atoms with Crippen molar-refractivity contribution in [3.8, 4) is 0 Å². The second-order valence-electron chi connectivity index (χ2n) is 2.96. The normalized spacial score (nSPS) is 10.5. The van der Waals surface area contributed by atoms with Crippen LogP contribution in [0, 0.1) is 0 Å². The molecular formula is C11H10ClNO4. The van der Waals surface area contributed by atoms with Gasteiger partial charge in [0, 0.05) is 11.6 Å². The average molecular weight is 256 g/mol. The lowest BCUT2D eigenvalue weighted by atomic mass is 10.2. The minimum absolute atomic E-state index is 0.0793. The second-order valence-corrected chi connectivity index (χ2v) is 3.35. The van der Waals surface area contributed by atoms with Crippen LogP contribution in [0.25, 0.3) is 6.08 Å². The van der Waals surface area contributed by atoms with Crippen molar-refractivity contribution in [1.29, 1.82) is 0 Å². The average Bonchev–Trinajstić information content (AvgIpc) is 2.27. The molecule has 6 heteroatoms. The van der Waals surface area contributed by atoms with Gasteiger partial charge in [-0.3, -0.25) is 0 Å². The molecule has 17 heavy (non-hydrogen) atoms. The van der Waals surface area contributed by atoms with Gasteiger partial charge in [0.05, 0.1) is 6.61 Å². The van der Waals surface area contributed by atoms with Crippen molar-refractivity contribution >= 4 is 29.6 Å². The van der Waals surface area contributed by atoms with E-state index in [9.17, 15) is 9.59 Å². The first-order chi connectivity index (χ1) is 8.04. The van der Waals surface area contributed by atoms with Gasteiger partial charge < -0.3 is 9.84 Å². The molecule has 0 saturated carbocycles. The highest BCUT2D eigenvalue weighted by molar-refractivity contribution is 6.29. The van der Waals surface area contributed by atoms with E-state index in [2.05, 4.69) is 9.72 Å². The molecule has 1 N–H and O–H groups in total. The van der Waals surface area contributed by atoms with Crippen molar-refractivity contribution < 1.29 is 19.4 Å². The first kappa shape index (κ1) is 13.2. The lowest BCUT2D eigenvalue weighted by Gasteiger charge is -2.00. The number of ether oxygens (including phenoxy) is 1. The van der Waals surface area contributed by atoms with Crippen LogP contribution in [-0.2, 0) is 9.53 Å².